The molecule has 1 nitrogen and oxygen atoms in total. The fourth-order valence-corrected chi connectivity index (χ4v) is 3.04. The molecule has 1 fully saturated rings. The third kappa shape index (κ3) is 2.41. The number of alkyl halides is 2. The number of hydrogen-bond donors (Lipinski definition) is 1. The molecule has 0 bridgehead atoms. The normalized spacial score (nSPS) is 19.2. The Morgan fingerprint density at radius 1 is 1.22 bits per heavy atom. The molecule has 1 aromatic rings. The highest BCUT2D eigenvalue weighted by atomic mass is 19.3. The average Bonchev–Trinajstić information content (AvgIpc) is 2.39. The van der Waals surface area contributed by atoms with Gasteiger partial charge in [-0.05, 0) is 37.0 Å². The molecule has 0 atom stereocenters. The van der Waals surface area contributed by atoms with Crippen molar-refractivity contribution in [3.05, 3.63) is 34.9 Å². The molecule has 1 aliphatic carbocycles. The van der Waals surface area contributed by atoms with E-state index in [1.807, 2.05) is 12.1 Å². The standard InChI is InChI=1S/C15H21F2N/c1-11-5-6-12(9-13(11)14(16)17)15(10-18)7-3-2-4-8-15/h5-6,9,14H,2-4,7-8,10,18H2,1H3. The molecule has 0 aliphatic heterocycles. The number of nitrogens with two attached hydrogens (primary N) is 1. The van der Waals surface area contributed by atoms with Gasteiger partial charge in [-0.3, -0.25) is 0 Å². The topological polar surface area (TPSA) is 26.0 Å². The molecule has 0 amide bonds. The monoisotopic (exact) mass is 253 g/mol. The summed E-state index contributed by atoms with van der Waals surface area (Å²) in [4.78, 5) is 0. The summed E-state index contributed by atoms with van der Waals surface area (Å²) in [5, 5.41) is 0. The first-order chi connectivity index (χ1) is 8.59. The molecular weight excluding hydrogens is 232 g/mol. The molecule has 1 aliphatic rings. The minimum atomic E-state index is -2.40. The van der Waals surface area contributed by atoms with Gasteiger partial charge in [-0.25, -0.2) is 8.78 Å². The van der Waals surface area contributed by atoms with Gasteiger partial charge in [-0.15, -0.1) is 0 Å². The molecule has 0 unspecified atom stereocenters. The van der Waals surface area contributed by atoms with Gasteiger partial charge in [-0.1, -0.05) is 31.4 Å². The third-order valence-electron chi connectivity index (χ3n) is 4.33. The Morgan fingerprint density at radius 2 is 1.89 bits per heavy atom. The highest BCUT2D eigenvalue weighted by molar-refractivity contribution is 5.36. The minimum absolute atomic E-state index is 0.0738. The van der Waals surface area contributed by atoms with Crippen LogP contribution in [0.15, 0.2) is 18.2 Å². The number of aryl methyl sites for hydroxylation is 1. The van der Waals surface area contributed by atoms with Crippen LogP contribution in [0.25, 0.3) is 0 Å². The van der Waals surface area contributed by atoms with Crippen LogP contribution in [0.4, 0.5) is 8.78 Å². The fourth-order valence-electron chi connectivity index (χ4n) is 3.04. The molecule has 3 heteroatoms. The highest BCUT2D eigenvalue weighted by Gasteiger charge is 2.33. The van der Waals surface area contributed by atoms with Crippen molar-refractivity contribution in [2.75, 3.05) is 6.54 Å². The Bertz CT molecular complexity index is 409. The molecule has 1 saturated carbocycles. The largest absolute Gasteiger partial charge is 0.330 e. The average molecular weight is 253 g/mol. The number of benzene rings is 1. The Hall–Kier alpha value is -0.960. The van der Waals surface area contributed by atoms with Crippen molar-refractivity contribution in [2.24, 2.45) is 5.73 Å². The van der Waals surface area contributed by atoms with E-state index in [0.717, 1.165) is 31.2 Å². The zero-order valence-corrected chi connectivity index (χ0v) is 10.9. The van der Waals surface area contributed by atoms with Crippen LogP contribution in [-0.4, -0.2) is 6.54 Å². The van der Waals surface area contributed by atoms with Crippen LogP contribution in [0, 0.1) is 6.92 Å². The van der Waals surface area contributed by atoms with Gasteiger partial charge in [0.2, 0.25) is 0 Å². The Balaban J connectivity index is 2.39. The molecule has 1 aromatic carbocycles. The summed E-state index contributed by atoms with van der Waals surface area (Å²) in [6, 6.07) is 5.47. The minimum Gasteiger partial charge on any atom is -0.330 e. The lowest BCUT2D eigenvalue weighted by molar-refractivity contribution is 0.150. The molecule has 18 heavy (non-hydrogen) atoms. The maximum Gasteiger partial charge on any atom is 0.264 e. The molecule has 2 rings (SSSR count). The van der Waals surface area contributed by atoms with Crippen LogP contribution in [0.5, 0.6) is 0 Å². The SMILES string of the molecule is Cc1ccc(C2(CN)CCCCC2)cc1C(F)F. The van der Waals surface area contributed by atoms with Gasteiger partial charge < -0.3 is 5.73 Å². The van der Waals surface area contributed by atoms with Crippen LogP contribution < -0.4 is 5.73 Å². The Morgan fingerprint density at radius 3 is 2.44 bits per heavy atom. The van der Waals surface area contributed by atoms with E-state index in [0.29, 0.717) is 12.1 Å². The third-order valence-corrected chi connectivity index (χ3v) is 4.33. The van der Waals surface area contributed by atoms with E-state index in [-0.39, 0.29) is 11.0 Å². The van der Waals surface area contributed by atoms with E-state index < -0.39 is 6.43 Å². The van der Waals surface area contributed by atoms with Crippen molar-refractivity contribution in [3.8, 4) is 0 Å². The van der Waals surface area contributed by atoms with Crippen LogP contribution in [0.3, 0.4) is 0 Å². The van der Waals surface area contributed by atoms with Crippen LogP contribution in [0.1, 0.15) is 55.2 Å². The van der Waals surface area contributed by atoms with Crippen molar-refractivity contribution in [3.63, 3.8) is 0 Å². The molecular formula is C15H21F2N. The summed E-state index contributed by atoms with van der Waals surface area (Å²) >= 11 is 0. The maximum absolute atomic E-state index is 13.0. The van der Waals surface area contributed by atoms with Crippen molar-refractivity contribution < 1.29 is 8.78 Å². The summed E-state index contributed by atoms with van der Waals surface area (Å²) in [6.45, 7) is 2.29. The summed E-state index contributed by atoms with van der Waals surface area (Å²) < 4.78 is 25.9. The van der Waals surface area contributed by atoms with E-state index in [1.165, 1.54) is 6.42 Å². The molecule has 0 radical (unpaired) electrons. The smallest absolute Gasteiger partial charge is 0.264 e. The van der Waals surface area contributed by atoms with Gasteiger partial charge in [0.1, 0.15) is 0 Å². The summed E-state index contributed by atoms with van der Waals surface area (Å²) in [5.41, 5.74) is 7.70. The van der Waals surface area contributed by atoms with Crippen molar-refractivity contribution >= 4 is 0 Å². The quantitative estimate of drug-likeness (QED) is 0.862. The van der Waals surface area contributed by atoms with Crippen LogP contribution >= 0.6 is 0 Å². The number of rotatable bonds is 3. The van der Waals surface area contributed by atoms with Crippen LogP contribution in [-0.2, 0) is 5.41 Å². The van der Waals surface area contributed by atoms with E-state index in [1.54, 1.807) is 13.0 Å². The number of halogens is 2. The molecule has 100 valence electrons. The molecule has 0 saturated heterocycles. The van der Waals surface area contributed by atoms with Crippen molar-refractivity contribution in [1.29, 1.82) is 0 Å². The van der Waals surface area contributed by atoms with Gasteiger partial charge in [0.15, 0.2) is 0 Å². The van der Waals surface area contributed by atoms with Gasteiger partial charge in [0, 0.05) is 17.5 Å². The maximum atomic E-state index is 13.0. The fraction of sp³-hybridized carbons (Fsp3) is 0.600. The highest BCUT2D eigenvalue weighted by Crippen LogP contribution is 2.40. The van der Waals surface area contributed by atoms with Crippen molar-refractivity contribution in [2.45, 2.75) is 50.9 Å². The second-order valence-corrected chi connectivity index (χ2v) is 5.42. The van der Waals surface area contributed by atoms with E-state index in [9.17, 15) is 8.78 Å². The predicted octanol–water partition coefficient (Wildman–Crippen LogP) is 4.09. The first-order valence-electron chi connectivity index (χ1n) is 6.68. The van der Waals surface area contributed by atoms with E-state index in [4.69, 9.17) is 5.73 Å². The predicted molar refractivity (Wildman–Crippen MR) is 70.0 cm³/mol. The van der Waals surface area contributed by atoms with Gasteiger partial charge in [0.05, 0.1) is 0 Å². The molecule has 2 N–H and O–H groups in total. The molecule has 0 aromatic heterocycles. The zero-order chi connectivity index (χ0) is 13.2. The summed E-state index contributed by atoms with van der Waals surface area (Å²) in [7, 11) is 0. The zero-order valence-electron chi connectivity index (χ0n) is 10.9. The molecule has 0 heterocycles. The van der Waals surface area contributed by atoms with Gasteiger partial charge in [0.25, 0.3) is 6.43 Å². The Labute approximate surface area is 107 Å². The summed E-state index contributed by atoms with van der Waals surface area (Å²) in [5.74, 6) is 0. The van der Waals surface area contributed by atoms with Crippen molar-refractivity contribution in [1.82, 2.24) is 0 Å². The lowest BCUT2D eigenvalue weighted by atomic mass is 9.69. The summed E-state index contributed by atoms with van der Waals surface area (Å²) in [6.07, 6.45) is 3.17. The second kappa shape index (κ2) is 5.35. The first kappa shape index (κ1) is 13.5. The number of hydrogen-bond acceptors (Lipinski definition) is 1. The first-order valence-corrected chi connectivity index (χ1v) is 6.68. The second-order valence-electron chi connectivity index (χ2n) is 5.42. The molecule has 0 spiro atoms. The van der Waals surface area contributed by atoms with Gasteiger partial charge in [-0.2, -0.15) is 0 Å². The van der Waals surface area contributed by atoms with E-state index in [2.05, 4.69) is 0 Å². The lowest BCUT2D eigenvalue weighted by Gasteiger charge is -2.37. The van der Waals surface area contributed by atoms with Gasteiger partial charge >= 0.3 is 0 Å². The van der Waals surface area contributed by atoms with Crippen LogP contribution in [0.2, 0.25) is 0 Å². The van der Waals surface area contributed by atoms with E-state index >= 15 is 0 Å². The lowest BCUT2D eigenvalue weighted by Crippen LogP contribution is -2.37. The Kier molecular flexibility index (Phi) is 4.00.